The van der Waals surface area contributed by atoms with Gasteiger partial charge in [0, 0.05) is 18.6 Å². The van der Waals surface area contributed by atoms with Crippen molar-refractivity contribution in [3.05, 3.63) is 0 Å². The molecule has 0 aliphatic carbocycles. The molecular weight excluding hydrogens is 336 g/mol. The average Bonchev–Trinajstić information content (AvgIpc) is 2.55. The van der Waals surface area contributed by atoms with Gasteiger partial charge in [-0.3, -0.25) is 14.4 Å². The summed E-state index contributed by atoms with van der Waals surface area (Å²) in [6, 6.07) is 0. The van der Waals surface area contributed by atoms with Crippen LogP contribution in [0.4, 0.5) is 0 Å². The Morgan fingerprint density at radius 2 is 2.00 bits per heavy atom. The lowest BCUT2D eigenvalue weighted by atomic mass is 10.0. The number of esters is 2. The minimum atomic E-state index is -1.41. The summed E-state index contributed by atoms with van der Waals surface area (Å²) < 4.78 is 9.72. The van der Waals surface area contributed by atoms with Crippen LogP contribution < -0.4 is 0 Å². The van der Waals surface area contributed by atoms with Gasteiger partial charge >= 0.3 is 11.9 Å². The van der Waals surface area contributed by atoms with Crippen molar-refractivity contribution in [1.29, 1.82) is 0 Å². The zero-order valence-corrected chi connectivity index (χ0v) is 14.8. The first-order chi connectivity index (χ1) is 11.3. The first-order valence-corrected chi connectivity index (χ1v) is 9.04. The Bertz CT molecular complexity index is 477. The van der Waals surface area contributed by atoms with E-state index in [1.807, 2.05) is 0 Å². The zero-order valence-electron chi connectivity index (χ0n) is 14.0. The number of carbonyl (C=O) groups is 4. The molecule has 0 radical (unpaired) electrons. The summed E-state index contributed by atoms with van der Waals surface area (Å²) in [5.74, 6) is -2.66. The Balaban J connectivity index is 2.76. The van der Waals surface area contributed by atoms with Crippen LogP contribution in [0.1, 0.15) is 45.4 Å². The van der Waals surface area contributed by atoms with Crippen molar-refractivity contribution >= 4 is 35.3 Å². The lowest BCUT2D eigenvalue weighted by Crippen LogP contribution is -2.32. The van der Waals surface area contributed by atoms with E-state index in [1.165, 1.54) is 0 Å². The number of aliphatic hydroxyl groups excluding tert-OH is 1. The van der Waals surface area contributed by atoms with Crippen LogP contribution >= 0.6 is 11.8 Å². The van der Waals surface area contributed by atoms with Gasteiger partial charge in [-0.25, -0.2) is 4.79 Å². The number of carbonyl (C=O) groups excluding carboxylic acids is 4. The average molecular weight is 360 g/mol. The standard InChI is InChI=1S/C16H24O7S/c1-10-6-4-3-5-7-11(17)12(18)8-14(16(21)23-10)24-9-13(19)15(20)22-2/h10,13-14,19H,3-9H2,1-2H3. The highest BCUT2D eigenvalue weighted by Gasteiger charge is 2.30. The van der Waals surface area contributed by atoms with Crippen molar-refractivity contribution in [2.75, 3.05) is 12.9 Å². The van der Waals surface area contributed by atoms with E-state index in [9.17, 15) is 24.3 Å². The van der Waals surface area contributed by atoms with Crippen LogP contribution in [0.3, 0.4) is 0 Å². The maximum atomic E-state index is 12.2. The monoisotopic (exact) mass is 360 g/mol. The van der Waals surface area contributed by atoms with Crippen LogP contribution in [0.5, 0.6) is 0 Å². The topological polar surface area (TPSA) is 107 Å². The number of aliphatic hydroxyl groups is 1. The molecule has 8 heteroatoms. The fraction of sp³-hybridized carbons (Fsp3) is 0.750. The van der Waals surface area contributed by atoms with Gasteiger partial charge in [-0.15, -0.1) is 11.8 Å². The maximum absolute atomic E-state index is 12.2. The second-order valence-corrected chi connectivity index (χ2v) is 6.99. The Labute approximate surface area is 145 Å². The van der Waals surface area contributed by atoms with E-state index in [4.69, 9.17) is 4.74 Å². The van der Waals surface area contributed by atoms with E-state index in [0.717, 1.165) is 31.7 Å². The molecule has 136 valence electrons. The number of hydrogen-bond acceptors (Lipinski definition) is 8. The van der Waals surface area contributed by atoms with Gasteiger partial charge in [-0.05, 0) is 26.2 Å². The number of ether oxygens (including phenoxy) is 2. The smallest absolute Gasteiger partial charge is 0.335 e. The SMILES string of the molecule is COC(=O)C(O)CSC1CC(=O)C(=O)CCCCCC(C)OC1=O. The number of hydrogen-bond donors (Lipinski definition) is 1. The second-order valence-electron chi connectivity index (χ2n) is 5.76. The molecule has 24 heavy (non-hydrogen) atoms. The Hall–Kier alpha value is -1.41. The summed E-state index contributed by atoms with van der Waals surface area (Å²) in [6.07, 6.45) is 1.17. The van der Waals surface area contributed by atoms with Gasteiger partial charge in [-0.1, -0.05) is 6.42 Å². The third kappa shape index (κ3) is 7.00. The van der Waals surface area contributed by atoms with E-state index in [0.29, 0.717) is 12.8 Å². The van der Waals surface area contributed by atoms with Crippen molar-refractivity contribution in [2.24, 2.45) is 0 Å². The summed E-state index contributed by atoms with van der Waals surface area (Å²) in [7, 11) is 1.14. The molecule has 7 nitrogen and oxygen atoms in total. The number of Topliss-reactive ketones (excluding diaryl/α,β-unsaturated/α-hetero) is 2. The Morgan fingerprint density at radius 3 is 2.67 bits per heavy atom. The fourth-order valence-corrected chi connectivity index (χ4v) is 3.28. The Morgan fingerprint density at radius 1 is 1.29 bits per heavy atom. The molecule has 1 fully saturated rings. The highest BCUT2D eigenvalue weighted by Crippen LogP contribution is 2.22. The van der Waals surface area contributed by atoms with Crippen molar-refractivity contribution in [3.63, 3.8) is 0 Å². The van der Waals surface area contributed by atoms with Gasteiger partial charge < -0.3 is 14.6 Å². The maximum Gasteiger partial charge on any atom is 0.335 e. The molecule has 1 saturated heterocycles. The van der Waals surface area contributed by atoms with Gasteiger partial charge in [-0.2, -0.15) is 0 Å². The lowest BCUT2D eigenvalue weighted by molar-refractivity contribution is -0.150. The van der Waals surface area contributed by atoms with E-state index in [2.05, 4.69) is 4.74 Å². The summed E-state index contributed by atoms with van der Waals surface area (Å²) >= 11 is 0.917. The highest BCUT2D eigenvalue weighted by atomic mass is 32.2. The van der Waals surface area contributed by atoms with Gasteiger partial charge in [0.2, 0.25) is 0 Å². The van der Waals surface area contributed by atoms with E-state index < -0.39 is 34.9 Å². The molecule has 0 aromatic carbocycles. The molecule has 0 aromatic rings. The Kier molecular flexibility index (Phi) is 8.99. The van der Waals surface area contributed by atoms with Gasteiger partial charge in [0.25, 0.3) is 0 Å². The summed E-state index contributed by atoms with van der Waals surface area (Å²) in [4.78, 5) is 47.2. The first-order valence-electron chi connectivity index (χ1n) is 7.99. The van der Waals surface area contributed by atoms with Crippen LogP contribution in [0, 0.1) is 0 Å². The fourth-order valence-electron chi connectivity index (χ4n) is 2.27. The zero-order chi connectivity index (χ0) is 18.1. The third-order valence-electron chi connectivity index (χ3n) is 3.71. The summed E-state index contributed by atoms with van der Waals surface area (Å²) in [5.41, 5.74) is 0. The predicted octanol–water partition coefficient (Wildman–Crippen LogP) is 1.05. The van der Waals surface area contributed by atoms with Gasteiger partial charge in [0.1, 0.15) is 5.25 Å². The van der Waals surface area contributed by atoms with Gasteiger partial charge in [0.15, 0.2) is 17.7 Å². The molecule has 1 heterocycles. The number of ketones is 2. The van der Waals surface area contributed by atoms with Crippen LogP contribution in [-0.2, 0) is 28.7 Å². The van der Waals surface area contributed by atoms with E-state index >= 15 is 0 Å². The number of thioether (sulfide) groups is 1. The molecule has 0 aromatic heterocycles. The molecular formula is C16H24O7S. The van der Waals surface area contributed by atoms with Crippen molar-refractivity contribution in [2.45, 2.75) is 62.9 Å². The molecule has 3 atom stereocenters. The van der Waals surface area contributed by atoms with E-state index in [-0.39, 0.29) is 24.7 Å². The minimum absolute atomic E-state index is 0.123. The summed E-state index contributed by atoms with van der Waals surface area (Å²) in [5, 5.41) is 8.69. The minimum Gasteiger partial charge on any atom is -0.467 e. The molecule has 1 aliphatic heterocycles. The van der Waals surface area contributed by atoms with Crippen LogP contribution in [0.2, 0.25) is 0 Å². The number of rotatable bonds is 4. The van der Waals surface area contributed by atoms with Crippen LogP contribution in [0.25, 0.3) is 0 Å². The normalized spacial score (nSPS) is 25.2. The molecule has 0 amide bonds. The molecule has 0 saturated carbocycles. The third-order valence-corrected chi connectivity index (χ3v) is 4.97. The molecule has 1 rings (SSSR count). The predicted molar refractivity (Wildman–Crippen MR) is 87.5 cm³/mol. The quantitative estimate of drug-likeness (QED) is 0.585. The molecule has 3 unspecified atom stereocenters. The largest absolute Gasteiger partial charge is 0.467 e. The number of cyclic esters (lactones) is 1. The molecule has 0 spiro atoms. The second kappa shape index (κ2) is 10.5. The van der Waals surface area contributed by atoms with Crippen LogP contribution in [0.15, 0.2) is 0 Å². The van der Waals surface area contributed by atoms with Crippen molar-refractivity contribution in [1.82, 2.24) is 0 Å². The molecule has 0 bridgehead atoms. The van der Waals surface area contributed by atoms with Crippen molar-refractivity contribution in [3.8, 4) is 0 Å². The first kappa shape index (κ1) is 20.6. The molecule has 1 aliphatic rings. The van der Waals surface area contributed by atoms with Crippen LogP contribution in [-0.4, -0.2) is 58.9 Å². The highest BCUT2D eigenvalue weighted by molar-refractivity contribution is 8.00. The number of methoxy groups -OCH3 is 1. The van der Waals surface area contributed by atoms with Gasteiger partial charge in [0.05, 0.1) is 13.2 Å². The molecule has 1 N–H and O–H groups in total. The van der Waals surface area contributed by atoms with Crippen molar-refractivity contribution < 1.29 is 33.8 Å². The van der Waals surface area contributed by atoms with E-state index in [1.54, 1.807) is 6.92 Å². The lowest BCUT2D eigenvalue weighted by Gasteiger charge is -2.20. The summed E-state index contributed by atoms with van der Waals surface area (Å²) in [6.45, 7) is 1.78.